The number of benzene rings is 2. The molecule has 0 aliphatic carbocycles. The summed E-state index contributed by atoms with van der Waals surface area (Å²) in [6, 6.07) is 9.96. The molecule has 0 radical (unpaired) electrons. The van der Waals surface area contributed by atoms with Crippen LogP contribution in [0.4, 0.5) is 4.39 Å². The van der Waals surface area contributed by atoms with Gasteiger partial charge in [0.2, 0.25) is 0 Å². The Morgan fingerprint density at radius 3 is 2.63 bits per heavy atom. The number of ether oxygens (including phenoxy) is 1. The van der Waals surface area contributed by atoms with Crippen molar-refractivity contribution in [2.24, 2.45) is 5.73 Å². The van der Waals surface area contributed by atoms with Crippen molar-refractivity contribution in [2.45, 2.75) is 13.2 Å². The summed E-state index contributed by atoms with van der Waals surface area (Å²) in [7, 11) is 0. The van der Waals surface area contributed by atoms with E-state index in [1.165, 1.54) is 12.1 Å². The van der Waals surface area contributed by atoms with E-state index in [4.69, 9.17) is 22.1 Å². The Morgan fingerprint density at radius 2 is 2.00 bits per heavy atom. The van der Waals surface area contributed by atoms with Crippen molar-refractivity contribution in [2.75, 3.05) is 0 Å². The molecule has 0 aliphatic rings. The summed E-state index contributed by atoms with van der Waals surface area (Å²) in [4.78, 5) is 0. The lowest BCUT2D eigenvalue weighted by molar-refractivity contribution is 0.304. The Hall–Kier alpha value is -1.10. The lowest BCUT2D eigenvalue weighted by Crippen LogP contribution is -2.00. The van der Waals surface area contributed by atoms with Gasteiger partial charge in [0, 0.05) is 27.7 Å². The van der Waals surface area contributed by atoms with Gasteiger partial charge in [-0.2, -0.15) is 0 Å². The number of hydrogen-bond donors (Lipinski definition) is 1. The van der Waals surface area contributed by atoms with Gasteiger partial charge >= 0.3 is 0 Å². The van der Waals surface area contributed by atoms with E-state index in [1.54, 1.807) is 6.07 Å². The molecule has 19 heavy (non-hydrogen) atoms. The highest BCUT2D eigenvalue weighted by atomic mass is 79.9. The highest BCUT2D eigenvalue weighted by molar-refractivity contribution is 9.10. The quantitative estimate of drug-likeness (QED) is 0.898. The van der Waals surface area contributed by atoms with Crippen LogP contribution in [-0.4, -0.2) is 0 Å². The first-order valence-corrected chi connectivity index (χ1v) is 6.82. The maximum Gasteiger partial charge on any atom is 0.128 e. The molecular weight excluding hydrogens is 333 g/mol. The van der Waals surface area contributed by atoms with E-state index >= 15 is 0 Å². The van der Waals surface area contributed by atoms with Crippen molar-refractivity contribution in [1.29, 1.82) is 0 Å². The second-order valence-electron chi connectivity index (χ2n) is 4.02. The molecule has 0 bridgehead atoms. The smallest absolute Gasteiger partial charge is 0.128 e. The maximum atomic E-state index is 13.2. The van der Waals surface area contributed by atoms with Crippen LogP contribution >= 0.6 is 27.5 Å². The molecule has 0 saturated heterocycles. The Kier molecular flexibility index (Phi) is 4.80. The van der Waals surface area contributed by atoms with E-state index in [0.29, 0.717) is 21.8 Å². The Bertz CT molecular complexity index is 571. The fraction of sp³-hybridized carbons (Fsp3) is 0.143. The lowest BCUT2D eigenvalue weighted by Gasteiger charge is -2.09. The minimum Gasteiger partial charge on any atom is -0.489 e. The molecule has 2 aromatic rings. The largest absolute Gasteiger partial charge is 0.489 e. The van der Waals surface area contributed by atoms with Gasteiger partial charge in [0.1, 0.15) is 18.2 Å². The van der Waals surface area contributed by atoms with Crippen LogP contribution in [0.5, 0.6) is 5.75 Å². The molecular formula is C14H12BrClFNO. The second-order valence-corrected chi connectivity index (χ2v) is 5.35. The summed E-state index contributed by atoms with van der Waals surface area (Å²) in [6.45, 7) is 0.720. The summed E-state index contributed by atoms with van der Waals surface area (Å²) in [5, 5.41) is 0.596. The Balaban J connectivity index is 2.10. The molecule has 2 rings (SSSR count). The summed E-state index contributed by atoms with van der Waals surface area (Å²) in [6.07, 6.45) is 0. The van der Waals surface area contributed by atoms with Crippen LogP contribution < -0.4 is 10.5 Å². The van der Waals surface area contributed by atoms with Crippen LogP contribution in [-0.2, 0) is 13.2 Å². The fourth-order valence-corrected chi connectivity index (χ4v) is 2.31. The van der Waals surface area contributed by atoms with Crippen LogP contribution in [0.3, 0.4) is 0 Å². The van der Waals surface area contributed by atoms with E-state index in [-0.39, 0.29) is 12.4 Å². The Labute approximate surface area is 124 Å². The van der Waals surface area contributed by atoms with Gasteiger partial charge < -0.3 is 10.5 Å². The van der Waals surface area contributed by atoms with E-state index in [9.17, 15) is 4.39 Å². The zero-order chi connectivity index (χ0) is 13.8. The third kappa shape index (κ3) is 3.93. The van der Waals surface area contributed by atoms with Gasteiger partial charge in [-0.1, -0.05) is 39.7 Å². The van der Waals surface area contributed by atoms with Crippen molar-refractivity contribution in [3.05, 3.63) is 62.8 Å². The number of halogens is 3. The van der Waals surface area contributed by atoms with Gasteiger partial charge in [-0.05, 0) is 23.8 Å². The molecule has 2 N–H and O–H groups in total. The average Bonchev–Trinajstić information content (AvgIpc) is 2.36. The molecule has 100 valence electrons. The van der Waals surface area contributed by atoms with Gasteiger partial charge in [0.25, 0.3) is 0 Å². The van der Waals surface area contributed by atoms with Crippen LogP contribution in [0.25, 0.3) is 0 Å². The molecule has 0 amide bonds. The zero-order valence-corrected chi connectivity index (χ0v) is 12.3. The van der Waals surface area contributed by atoms with Crippen LogP contribution in [0.1, 0.15) is 11.1 Å². The van der Waals surface area contributed by atoms with Gasteiger partial charge in [-0.15, -0.1) is 0 Å². The highest BCUT2D eigenvalue weighted by Crippen LogP contribution is 2.23. The van der Waals surface area contributed by atoms with Crippen molar-refractivity contribution in [1.82, 2.24) is 0 Å². The highest BCUT2D eigenvalue weighted by Gasteiger charge is 2.04. The summed E-state index contributed by atoms with van der Waals surface area (Å²) in [5.41, 5.74) is 7.32. The van der Waals surface area contributed by atoms with Crippen LogP contribution in [0.2, 0.25) is 5.02 Å². The SMILES string of the molecule is NCc1ccc(COc2cc(F)cc(Br)c2)c(Cl)c1. The first-order valence-electron chi connectivity index (χ1n) is 5.65. The monoisotopic (exact) mass is 343 g/mol. The number of hydrogen-bond acceptors (Lipinski definition) is 2. The normalized spacial score (nSPS) is 10.5. The molecule has 0 saturated carbocycles. The predicted molar refractivity (Wildman–Crippen MR) is 77.8 cm³/mol. The first-order chi connectivity index (χ1) is 9.08. The molecule has 0 spiro atoms. The molecule has 2 nitrogen and oxygen atoms in total. The van der Waals surface area contributed by atoms with Crippen molar-refractivity contribution < 1.29 is 9.13 Å². The standard InChI is InChI=1S/C14H12BrClFNO/c15-11-4-12(17)6-13(5-11)19-8-10-2-1-9(7-18)3-14(10)16/h1-6H,7-8,18H2. The van der Waals surface area contributed by atoms with Gasteiger partial charge in [0.15, 0.2) is 0 Å². The van der Waals surface area contributed by atoms with Crippen molar-refractivity contribution >= 4 is 27.5 Å². The molecule has 0 aliphatic heterocycles. The van der Waals surface area contributed by atoms with Gasteiger partial charge in [-0.3, -0.25) is 0 Å². The second kappa shape index (κ2) is 6.37. The molecule has 0 atom stereocenters. The minimum absolute atomic E-state index is 0.277. The van der Waals surface area contributed by atoms with Crippen molar-refractivity contribution in [3.63, 3.8) is 0 Å². The first kappa shape index (κ1) is 14.3. The summed E-state index contributed by atoms with van der Waals surface area (Å²) >= 11 is 9.33. The summed E-state index contributed by atoms with van der Waals surface area (Å²) in [5.74, 6) is 0.0970. The van der Waals surface area contributed by atoms with Crippen molar-refractivity contribution in [3.8, 4) is 5.75 Å². The third-order valence-corrected chi connectivity index (χ3v) is 3.39. The number of nitrogens with two attached hydrogens (primary N) is 1. The topological polar surface area (TPSA) is 35.2 Å². The van der Waals surface area contributed by atoms with E-state index < -0.39 is 0 Å². The van der Waals surface area contributed by atoms with Gasteiger partial charge in [-0.25, -0.2) is 4.39 Å². The molecule has 5 heteroatoms. The molecule has 0 unspecified atom stereocenters. The molecule has 0 aromatic heterocycles. The molecule has 0 heterocycles. The number of rotatable bonds is 4. The summed E-state index contributed by atoms with van der Waals surface area (Å²) < 4.78 is 19.3. The maximum absolute atomic E-state index is 13.2. The van der Waals surface area contributed by atoms with Crippen LogP contribution in [0.15, 0.2) is 40.9 Å². The zero-order valence-electron chi connectivity index (χ0n) is 10.00. The molecule has 0 fully saturated rings. The minimum atomic E-state index is -0.353. The Morgan fingerprint density at radius 1 is 1.21 bits per heavy atom. The van der Waals surface area contributed by atoms with E-state index in [2.05, 4.69) is 15.9 Å². The van der Waals surface area contributed by atoms with E-state index in [1.807, 2.05) is 18.2 Å². The fourth-order valence-electron chi connectivity index (χ4n) is 1.61. The third-order valence-electron chi connectivity index (χ3n) is 2.58. The van der Waals surface area contributed by atoms with Gasteiger partial charge in [0.05, 0.1) is 0 Å². The average molecular weight is 345 g/mol. The lowest BCUT2D eigenvalue weighted by atomic mass is 10.1. The van der Waals surface area contributed by atoms with E-state index in [0.717, 1.165) is 11.1 Å². The predicted octanol–water partition coefficient (Wildman–Crippen LogP) is 4.28. The molecule has 2 aromatic carbocycles. The van der Waals surface area contributed by atoms with Crippen LogP contribution in [0, 0.1) is 5.82 Å².